The molecule has 4 aromatic rings. The van der Waals surface area contributed by atoms with Crippen molar-refractivity contribution in [1.29, 1.82) is 0 Å². The number of carbonyl (C=O) groups is 1. The zero-order valence-electron chi connectivity index (χ0n) is 16.9. The van der Waals surface area contributed by atoms with Crippen molar-refractivity contribution in [2.75, 3.05) is 5.75 Å². The number of carbonyl (C=O) groups excluding carboxylic acids is 1. The smallest absolute Gasteiger partial charge is 0.230 e. The molecule has 156 valence electrons. The molecule has 0 bridgehead atoms. The Morgan fingerprint density at radius 1 is 1.06 bits per heavy atom. The van der Waals surface area contributed by atoms with Gasteiger partial charge in [0.2, 0.25) is 5.91 Å². The number of thioether (sulfide) groups is 1. The molecule has 5 rings (SSSR count). The standard InChI is InChI=1S/C23H22N6OS/c30-21(15-31-23-26-25-16-28(23)19-11-12-19)24-13-18-14-29(20-9-5-2-6-10-20)27-22(18)17-7-3-1-4-8-17/h1-10,14,16,19H,11-13,15H2,(H,24,30). The fourth-order valence-corrected chi connectivity index (χ4v) is 4.22. The Morgan fingerprint density at radius 3 is 2.55 bits per heavy atom. The first-order chi connectivity index (χ1) is 15.3. The molecule has 2 heterocycles. The van der Waals surface area contributed by atoms with Crippen LogP contribution in [0.1, 0.15) is 24.4 Å². The predicted octanol–water partition coefficient (Wildman–Crippen LogP) is 3.87. The lowest BCUT2D eigenvalue weighted by Gasteiger charge is -2.06. The van der Waals surface area contributed by atoms with Gasteiger partial charge in [-0.05, 0) is 25.0 Å². The van der Waals surface area contributed by atoms with Crippen LogP contribution in [0.2, 0.25) is 0 Å². The van der Waals surface area contributed by atoms with Gasteiger partial charge < -0.3 is 9.88 Å². The van der Waals surface area contributed by atoms with Gasteiger partial charge in [-0.1, -0.05) is 60.3 Å². The van der Waals surface area contributed by atoms with Gasteiger partial charge in [0.15, 0.2) is 5.16 Å². The molecule has 7 nitrogen and oxygen atoms in total. The van der Waals surface area contributed by atoms with E-state index >= 15 is 0 Å². The lowest BCUT2D eigenvalue weighted by atomic mass is 10.1. The van der Waals surface area contributed by atoms with Gasteiger partial charge >= 0.3 is 0 Å². The van der Waals surface area contributed by atoms with Crippen LogP contribution < -0.4 is 5.32 Å². The average molecular weight is 431 g/mol. The summed E-state index contributed by atoms with van der Waals surface area (Å²) >= 11 is 1.42. The number of para-hydroxylation sites is 1. The minimum atomic E-state index is -0.0400. The highest BCUT2D eigenvalue weighted by molar-refractivity contribution is 7.99. The lowest BCUT2D eigenvalue weighted by molar-refractivity contribution is -0.118. The van der Waals surface area contributed by atoms with E-state index in [2.05, 4.69) is 20.1 Å². The molecule has 0 saturated heterocycles. The Bertz CT molecular complexity index is 1170. The second-order valence-corrected chi connectivity index (χ2v) is 8.41. The fourth-order valence-electron chi connectivity index (χ4n) is 3.40. The summed E-state index contributed by atoms with van der Waals surface area (Å²) in [6, 6.07) is 20.5. The van der Waals surface area contributed by atoms with Crippen LogP contribution in [-0.4, -0.2) is 36.2 Å². The molecule has 8 heteroatoms. The lowest BCUT2D eigenvalue weighted by Crippen LogP contribution is -2.24. The van der Waals surface area contributed by atoms with Crippen molar-refractivity contribution < 1.29 is 4.79 Å². The van der Waals surface area contributed by atoms with E-state index in [-0.39, 0.29) is 5.91 Å². The second kappa shape index (κ2) is 8.77. The zero-order valence-corrected chi connectivity index (χ0v) is 17.7. The van der Waals surface area contributed by atoms with E-state index in [4.69, 9.17) is 5.10 Å². The first kappa shape index (κ1) is 19.6. The molecule has 0 aliphatic heterocycles. The van der Waals surface area contributed by atoms with E-state index < -0.39 is 0 Å². The van der Waals surface area contributed by atoms with E-state index in [1.165, 1.54) is 11.8 Å². The van der Waals surface area contributed by atoms with Gasteiger partial charge in [-0.25, -0.2) is 4.68 Å². The van der Waals surface area contributed by atoms with Crippen LogP contribution in [-0.2, 0) is 11.3 Å². The molecule has 1 saturated carbocycles. The third kappa shape index (κ3) is 4.54. The predicted molar refractivity (Wildman–Crippen MR) is 120 cm³/mol. The van der Waals surface area contributed by atoms with Crippen LogP contribution in [0.25, 0.3) is 16.9 Å². The molecule has 0 atom stereocenters. The van der Waals surface area contributed by atoms with Crippen LogP contribution in [0.4, 0.5) is 0 Å². The van der Waals surface area contributed by atoms with E-state index in [1.807, 2.05) is 71.5 Å². The summed E-state index contributed by atoms with van der Waals surface area (Å²) in [4.78, 5) is 12.5. The molecule has 0 radical (unpaired) electrons. The Labute approximate surface area is 184 Å². The summed E-state index contributed by atoms with van der Waals surface area (Å²) in [6.45, 7) is 0.409. The van der Waals surface area contributed by atoms with Crippen LogP contribution in [0.3, 0.4) is 0 Å². The number of amides is 1. The van der Waals surface area contributed by atoms with Crippen molar-refractivity contribution in [2.45, 2.75) is 30.6 Å². The number of aromatic nitrogens is 5. The zero-order chi connectivity index (χ0) is 21.0. The molecule has 1 aliphatic carbocycles. The summed E-state index contributed by atoms with van der Waals surface area (Å²) in [5, 5.41) is 16.7. The topological polar surface area (TPSA) is 77.6 Å². The van der Waals surface area contributed by atoms with Gasteiger partial charge in [0.05, 0.1) is 17.1 Å². The van der Waals surface area contributed by atoms with Crippen molar-refractivity contribution in [3.8, 4) is 16.9 Å². The van der Waals surface area contributed by atoms with E-state index in [0.717, 1.165) is 40.5 Å². The molecule has 1 N–H and O–H groups in total. The third-order valence-electron chi connectivity index (χ3n) is 5.15. The third-order valence-corrected chi connectivity index (χ3v) is 6.10. The second-order valence-electron chi connectivity index (χ2n) is 7.47. The van der Waals surface area contributed by atoms with Crippen molar-refractivity contribution in [3.05, 3.63) is 78.8 Å². The normalized spacial score (nSPS) is 13.3. The Kier molecular flexibility index (Phi) is 5.54. The van der Waals surface area contributed by atoms with Gasteiger partial charge in [-0.2, -0.15) is 5.10 Å². The number of rotatable bonds is 8. The van der Waals surface area contributed by atoms with E-state index in [9.17, 15) is 4.79 Å². The number of benzene rings is 2. The van der Waals surface area contributed by atoms with Gasteiger partial charge in [-0.3, -0.25) is 4.79 Å². The van der Waals surface area contributed by atoms with Crippen LogP contribution in [0.5, 0.6) is 0 Å². The number of nitrogens with zero attached hydrogens (tertiary/aromatic N) is 5. The van der Waals surface area contributed by atoms with Crippen LogP contribution >= 0.6 is 11.8 Å². The Morgan fingerprint density at radius 2 is 1.81 bits per heavy atom. The Balaban J connectivity index is 1.29. The maximum atomic E-state index is 12.5. The van der Waals surface area contributed by atoms with Gasteiger partial charge in [0, 0.05) is 29.9 Å². The average Bonchev–Trinajstić information content (AvgIpc) is 3.40. The molecular formula is C23H22N6OS. The fraction of sp³-hybridized carbons (Fsp3) is 0.217. The van der Waals surface area contributed by atoms with Crippen molar-refractivity contribution in [1.82, 2.24) is 29.9 Å². The van der Waals surface area contributed by atoms with Crippen LogP contribution in [0.15, 0.2) is 78.3 Å². The summed E-state index contributed by atoms with van der Waals surface area (Å²) in [6.07, 6.45) is 6.05. The first-order valence-electron chi connectivity index (χ1n) is 10.3. The van der Waals surface area contributed by atoms with Crippen molar-refractivity contribution in [3.63, 3.8) is 0 Å². The van der Waals surface area contributed by atoms with Gasteiger partial charge in [0.25, 0.3) is 0 Å². The van der Waals surface area contributed by atoms with E-state index in [0.29, 0.717) is 18.3 Å². The van der Waals surface area contributed by atoms with Crippen molar-refractivity contribution >= 4 is 17.7 Å². The maximum Gasteiger partial charge on any atom is 0.230 e. The van der Waals surface area contributed by atoms with Crippen molar-refractivity contribution in [2.24, 2.45) is 0 Å². The first-order valence-corrected chi connectivity index (χ1v) is 11.2. The van der Waals surface area contributed by atoms with Gasteiger partial charge in [0.1, 0.15) is 6.33 Å². The number of nitrogens with one attached hydrogen (secondary N) is 1. The number of hydrogen-bond donors (Lipinski definition) is 1. The number of hydrogen-bond acceptors (Lipinski definition) is 5. The van der Waals surface area contributed by atoms with Crippen LogP contribution in [0, 0.1) is 0 Å². The SMILES string of the molecule is O=C(CSc1nncn1C1CC1)NCc1cn(-c2ccccc2)nc1-c1ccccc1. The monoisotopic (exact) mass is 430 g/mol. The molecule has 2 aromatic heterocycles. The summed E-state index contributed by atoms with van der Waals surface area (Å²) in [5.74, 6) is 0.264. The minimum absolute atomic E-state index is 0.0400. The molecule has 0 spiro atoms. The highest BCUT2D eigenvalue weighted by atomic mass is 32.2. The largest absolute Gasteiger partial charge is 0.351 e. The summed E-state index contributed by atoms with van der Waals surface area (Å²) < 4.78 is 3.92. The molecule has 1 amide bonds. The molecular weight excluding hydrogens is 408 g/mol. The summed E-state index contributed by atoms with van der Waals surface area (Å²) in [5.41, 5.74) is 3.83. The van der Waals surface area contributed by atoms with E-state index in [1.54, 1.807) is 6.33 Å². The quantitative estimate of drug-likeness (QED) is 0.429. The molecule has 0 unspecified atom stereocenters. The highest BCUT2D eigenvalue weighted by Crippen LogP contribution is 2.37. The molecule has 2 aromatic carbocycles. The minimum Gasteiger partial charge on any atom is -0.351 e. The molecule has 31 heavy (non-hydrogen) atoms. The summed E-state index contributed by atoms with van der Waals surface area (Å²) in [7, 11) is 0. The molecule has 1 fully saturated rings. The Hall–Kier alpha value is -3.39. The maximum absolute atomic E-state index is 12.5. The molecule has 1 aliphatic rings. The van der Waals surface area contributed by atoms with Gasteiger partial charge in [-0.15, -0.1) is 10.2 Å². The highest BCUT2D eigenvalue weighted by Gasteiger charge is 2.26.